The van der Waals surface area contributed by atoms with Gasteiger partial charge in [0, 0.05) is 13.1 Å². The van der Waals surface area contributed by atoms with E-state index in [1.54, 1.807) is 12.0 Å². The molecular weight excluding hydrogens is 360 g/mol. The summed E-state index contributed by atoms with van der Waals surface area (Å²) in [6, 6.07) is 27.4. The van der Waals surface area contributed by atoms with E-state index in [0.29, 0.717) is 24.5 Å². The van der Waals surface area contributed by atoms with Crippen LogP contribution in [0.3, 0.4) is 0 Å². The molecule has 0 spiro atoms. The van der Waals surface area contributed by atoms with Crippen LogP contribution in [-0.2, 0) is 6.54 Å². The van der Waals surface area contributed by atoms with E-state index in [1.807, 2.05) is 79.7 Å². The highest BCUT2D eigenvalue weighted by Crippen LogP contribution is 2.24. The summed E-state index contributed by atoms with van der Waals surface area (Å²) in [7, 11) is 1.60. The lowest BCUT2D eigenvalue weighted by Crippen LogP contribution is -2.35. The third-order valence-electron chi connectivity index (χ3n) is 4.50. The molecule has 0 saturated heterocycles. The average Bonchev–Trinajstić information content (AvgIpc) is 2.75. The molecule has 3 aromatic rings. The number of rotatable bonds is 7. The molecule has 148 valence electrons. The number of carbonyl (C=O) groups excluding carboxylic acids is 1. The van der Waals surface area contributed by atoms with Gasteiger partial charge < -0.3 is 15.0 Å². The van der Waals surface area contributed by atoms with Gasteiger partial charge in [-0.1, -0.05) is 84.4 Å². The fourth-order valence-corrected chi connectivity index (χ4v) is 3.13. The van der Waals surface area contributed by atoms with E-state index in [-0.39, 0.29) is 6.03 Å². The van der Waals surface area contributed by atoms with Crippen LogP contribution in [0.2, 0.25) is 0 Å². The van der Waals surface area contributed by atoms with Crippen molar-refractivity contribution in [1.29, 1.82) is 0 Å². The van der Waals surface area contributed by atoms with Gasteiger partial charge in [-0.3, -0.25) is 0 Å². The van der Waals surface area contributed by atoms with Crippen molar-refractivity contribution in [2.75, 3.05) is 19.0 Å². The molecular formula is C25H26N2O2. The Kier molecular flexibility index (Phi) is 7.06. The average molecular weight is 386 g/mol. The Morgan fingerprint density at radius 1 is 0.931 bits per heavy atom. The number of nitrogens with zero attached hydrogens (tertiary/aromatic N) is 1. The predicted octanol–water partition coefficient (Wildman–Crippen LogP) is 5.83. The first-order chi connectivity index (χ1) is 14.2. The second kappa shape index (κ2) is 10.1. The van der Waals surface area contributed by atoms with Crippen molar-refractivity contribution in [1.82, 2.24) is 4.90 Å². The number of nitrogens with one attached hydrogen (secondary N) is 1. The molecule has 3 aromatic carbocycles. The maximum Gasteiger partial charge on any atom is 0.322 e. The Labute approximate surface area is 172 Å². The molecule has 0 bridgehead atoms. The first-order valence-electron chi connectivity index (χ1n) is 9.61. The minimum absolute atomic E-state index is 0.167. The summed E-state index contributed by atoms with van der Waals surface area (Å²) in [5, 5.41) is 2.99. The van der Waals surface area contributed by atoms with Crippen molar-refractivity contribution in [3.8, 4) is 5.75 Å². The quantitative estimate of drug-likeness (QED) is 0.555. The highest BCUT2D eigenvalue weighted by Gasteiger charge is 2.16. The first kappa shape index (κ1) is 20.2. The van der Waals surface area contributed by atoms with Gasteiger partial charge in [0.1, 0.15) is 5.75 Å². The van der Waals surface area contributed by atoms with Crippen LogP contribution in [0.1, 0.15) is 18.1 Å². The van der Waals surface area contributed by atoms with Crippen molar-refractivity contribution < 1.29 is 9.53 Å². The highest BCUT2D eigenvalue weighted by molar-refractivity contribution is 5.91. The Hall–Kier alpha value is -3.53. The van der Waals surface area contributed by atoms with Crippen LogP contribution in [0.5, 0.6) is 5.75 Å². The number of carbonyl (C=O) groups is 1. The molecule has 0 aromatic heterocycles. The van der Waals surface area contributed by atoms with Gasteiger partial charge in [-0.2, -0.15) is 0 Å². The van der Waals surface area contributed by atoms with E-state index in [1.165, 1.54) is 0 Å². The number of para-hydroxylation sites is 2. The van der Waals surface area contributed by atoms with Gasteiger partial charge in [-0.05, 0) is 30.2 Å². The van der Waals surface area contributed by atoms with Crippen molar-refractivity contribution in [3.63, 3.8) is 0 Å². The number of ether oxygens (including phenoxy) is 1. The monoisotopic (exact) mass is 386 g/mol. The molecule has 0 heterocycles. The molecule has 0 saturated carbocycles. The zero-order chi connectivity index (χ0) is 20.5. The summed E-state index contributed by atoms with van der Waals surface area (Å²) in [6.45, 7) is 3.08. The van der Waals surface area contributed by atoms with Gasteiger partial charge >= 0.3 is 6.03 Å². The number of urea groups is 1. The molecule has 0 aliphatic heterocycles. The number of benzene rings is 3. The van der Waals surface area contributed by atoms with Crippen LogP contribution in [0.15, 0.2) is 90.5 Å². The summed E-state index contributed by atoms with van der Waals surface area (Å²) in [5.74, 6) is 0.636. The lowest BCUT2D eigenvalue weighted by molar-refractivity contribution is 0.213. The second-order valence-electron chi connectivity index (χ2n) is 6.87. The topological polar surface area (TPSA) is 41.6 Å². The normalized spacial score (nSPS) is 11.0. The van der Waals surface area contributed by atoms with Crippen LogP contribution in [-0.4, -0.2) is 24.6 Å². The standard InChI is InChI=1S/C25H26N2O2/c1-20(17-21-11-5-3-6-12-21)18-27(19-22-13-7-4-8-14-22)25(28)26-23-15-9-10-16-24(23)29-2/h3-17H,18-19H2,1-2H3,(H,26,28)/b20-17+. The lowest BCUT2D eigenvalue weighted by Gasteiger charge is -2.24. The number of amides is 2. The lowest BCUT2D eigenvalue weighted by atomic mass is 10.1. The minimum atomic E-state index is -0.167. The van der Waals surface area contributed by atoms with Crippen LogP contribution in [0.25, 0.3) is 6.08 Å². The van der Waals surface area contributed by atoms with Crippen LogP contribution < -0.4 is 10.1 Å². The van der Waals surface area contributed by atoms with E-state index in [9.17, 15) is 4.79 Å². The SMILES string of the molecule is COc1ccccc1NC(=O)N(C/C(C)=C/c1ccccc1)Cc1ccccc1. The van der Waals surface area contributed by atoms with Gasteiger partial charge in [0.05, 0.1) is 12.8 Å². The zero-order valence-electron chi connectivity index (χ0n) is 16.8. The highest BCUT2D eigenvalue weighted by atomic mass is 16.5. The summed E-state index contributed by atoms with van der Waals surface area (Å²) in [6.07, 6.45) is 2.11. The summed E-state index contributed by atoms with van der Waals surface area (Å²) < 4.78 is 5.36. The largest absolute Gasteiger partial charge is 0.495 e. The summed E-state index contributed by atoms with van der Waals surface area (Å²) in [4.78, 5) is 14.9. The maximum atomic E-state index is 13.1. The molecule has 0 radical (unpaired) electrons. The fraction of sp³-hybridized carbons (Fsp3) is 0.160. The number of methoxy groups -OCH3 is 1. The van der Waals surface area contributed by atoms with Gasteiger partial charge in [0.25, 0.3) is 0 Å². The number of hydrogen-bond acceptors (Lipinski definition) is 2. The van der Waals surface area contributed by atoms with Crippen molar-refractivity contribution in [2.45, 2.75) is 13.5 Å². The maximum absolute atomic E-state index is 13.1. The van der Waals surface area contributed by atoms with E-state index >= 15 is 0 Å². The summed E-state index contributed by atoms with van der Waals surface area (Å²) >= 11 is 0. The molecule has 1 N–H and O–H groups in total. The van der Waals surface area contributed by atoms with Crippen molar-refractivity contribution in [3.05, 3.63) is 102 Å². The van der Waals surface area contributed by atoms with Crippen LogP contribution in [0.4, 0.5) is 10.5 Å². The molecule has 0 aliphatic carbocycles. The molecule has 4 heteroatoms. The molecule has 0 aliphatic rings. The Morgan fingerprint density at radius 3 is 2.24 bits per heavy atom. The number of anilines is 1. The second-order valence-corrected chi connectivity index (χ2v) is 6.87. The molecule has 3 rings (SSSR count). The molecule has 0 fully saturated rings. The van der Waals surface area contributed by atoms with Gasteiger partial charge in [0.2, 0.25) is 0 Å². The Morgan fingerprint density at radius 2 is 1.55 bits per heavy atom. The molecule has 4 nitrogen and oxygen atoms in total. The van der Waals surface area contributed by atoms with Gasteiger partial charge in [-0.15, -0.1) is 0 Å². The van der Waals surface area contributed by atoms with Crippen molar-refractivity contribution >= 4 is 17.8 Å². The zero-order valence-corrected chi connectivity index (χ0v) is 16.8. The van der Waals surface area contributed by atoms with E-state index < -0.39 is 0 Å². The Bertz CT molecular complexity index is 953. The van der Waals surface area contributed by atoms with Gasteiger partial charge in [-0.25, -0.2) is 4.79 Å². The number of hydrogen-bond donors (Lipinski definition) is 1. The smallest absolute Gasteiger partial charge is 0.322 e. The molecule has 29 heavy (non-hydrogen) atoms. The minimum Gasteiger partial charge on any atom is -0.495 e. The fourth-order valence-electron chi connectivity index (χ4n) is 3.13. The van der Waals surface area contributed by atoms with E-state index in [0.717, 1.165) is 16.7 Å². The Balaban J connectivity index is 1.80. The first-order valence-corrected chi connectivity index (χ1v) is 9.61. The predicted molar refractivity (Wildman–Crippen MR) is 119 cm³/mol. The van der Waals surface area contributed by atoms with Crippen LogP contribution in [0, 0.1) is 0 Å². The van der Waals surface area contributed by atoms with Crippen molar-refractivity contribution in [2.24, 2.45) is 0 Å². The molecule has 2 amide bonds. The third-order valence-corrected chi connectivity index (χ3v) is 4.50. The van der Waals surface area contributed by atoms with Gasteiger partial charge in [0.15, 0.2) is 0 Å². The van der Waals surface area contributed by atoms with Crippen LogP contribution >= 0.6 is 0 Å². The molecule has 0 atom stereocenters. The molecule has 0 unspecified atom stereocenters. The van der Waals surface area contributed by atoms with E-state index in [4.69, 9.17) is 4.74 Å². The summed E-state index contributed by atoms with van der Waals surface area (Å²) in [5.41, 5.74) is 3.95. The third kappa shape index (κ3) is 5.98. The van der Waals surface area contributed by atoms with E-state index in [2.05, 4.69) is 23.5 Å².